The van der Waals surface area contributed by atoms with Gasteiger partial charge in [-0.2, -0.15) is 5.10 Å². The van der Waals surface area contributed by atoms with Crippen molar-refractivity contribution < 1.29 is 14.5 Å². The Morgan fingerprint density at radius 3 is 2.39 bits per heavy atom. The van der Waals surface area contributed by atoms with Crippen LogP contribution in [0.25, 0.3) is 0 Å². The Balaban J connectivity index is 1.72. The second-order valence-corrected chi connectivity index (χ2v) is 7.73. The van der Waals surface area contributed by atoms with E-state index in [9.17, 15) is 14.9 Å². The van der Waals surface area contributed by atoms with E-state index in [1.54, 1.807) is 26.2 Å². The third-order valence-corrected chi connectivity index (χ3v) is 5.57. The summed E-state index contributed by atoms with van der Waals surface area (Å²) in [4.78, 5) is 25.7. The average molecular weight is 444 g/mol. The average Bonchev–Trinajstić information content (AvgIpc) is 3.13. The topological polar surface area (TPSA) is 88.3 Å². The summed E-state index contributed by atoms with van der Waals surface area (Å²) in [6.07, 6.45) is -0.457. The number of nitrogens with zero attached hydrogens (tertiary/aromatic N) is 4. The predicted molar refractivity (Wildman–Crippen MR) is 125 cm³/mol. The number of carbonyl (C=O) groups excluding carboxylic acids is 1. The van der Waals surface area contributed by atoms with Gasteiger partial charge in [0.25, 0.3) is 11.6 Å². The van der Waals surface area contributed by atoms with Crippen molar-refractivity contribution in [3.05, 3.63) is 106 Å². The molecular weight excluding hydrogens is 420 g/mol. The van der Waals surface area contributed by atoms with Gasteiger partial charge in [0.05, 0.1) is 24.3 Å². The molecule has 1 fully saturated rings. The van der Waals surface area contributed by atoms with Crippen molar-refractivity contribution in [3.63, 3.8) is 0 Å². The lowest BCUT2D eigenvalue weighted by atomic mass is 10.1. The zero-order valence-corrected chi connectivity index (χ0v) is 18.4. The van der Waals surface area contributed by atoms with E-state index in [1.807, 2.05) is 54.6 Å². The molecule has 1 saturated heterocycles. The van der Waals surface area contributed by atoms with Crippen molar-refractivity contribution in [1.29, 1.82) is 0 Å². The molecule has 1 aliphatic heterocycles. The van der Waals surface area contributed by atoms with Crippen LogP contribution in [-0.4, -0.2) is 40.1 Å². The van der Waals surface area contributed by atoms with Gasteiger partial charge in [-0.05, 0) is 36.2 Å². The van der Waals surface area contributed by atoms with Gasteiger partial charge in [-0.25, -0.2) is 5.01 Å². The first-order valence-electron chi connectivity index (χ1n) is 10.5. The van der Waals surface area contributed by atoms with E-state index in [-0.39, 0.29) is 18.1 Å². The fourth-order valence-corrected chi connectivity index (χ4v) is 3.95. The number of hydrazone groups is 1. The summed E-state index contributed by atoms with van der Waals surface area (Å²) in [6, 6.07) is 23.7. The number of hydrogen-bond donors (Lipinski definition) is 0. The summed E-state index contributed by atoms with van der Waals surface area (Å²) in [5, 5.41) is 17.1. The molecule has 1 amide bonds. The maximum atomic E-state index is 13.1. The predicted octanol–water partition coefficient (Wildman–Crippen LogP) is 4.37. The summed E-state index contributed by atoms with van der Waals surface area (Å²) in [5.74, 6) is 0.534. The largest absolute Gasteiger partial charge is 0.496 e. The smallest absolute Gasteiger partial charge is 0.269 e. The van der Waals surface area contributed by atoms with Gasteiger partial charge in [-0.15, -0.1) is 0 Å². The van der Waals surface area contributed by atoms with E-state index in [0.717, 1.165) is 11.1 Å². The number of hydrogen-bond acceptors (Lipinski definition) is 6. The van der Waals surface area contributed by atoms with E-state index in [1.165, 1.54) is 17.1 Å². The van der Waals surface area contributed by atoms with Gasteiger partial charge in [0.1, 0.15) is 11.9 Å². The first kappa shape index (κ1) is 22.2. The van der Waals surface area contributed by atoms with Crippen molar-refractivity contribution in [3.8, 4) is 5.75 Å². The van der Waals surface area contributed by atoms with Crippen LogP contribution in [-0.2, 0) is 11.3 Å². The summed E-state index contributed by atoms with van der Waals surface area (Å²) >= 11 is 0. The van der Waals surface area contributed by atoms with Crippen molar-refractivity contribution in [2.45, 2.75) is 19.6 Å². The molecule has 0 radical (unpaired) electrons. The van der Waals surface area contributed by atoms with Crippen molar-refractivity contribution in [2.75, 3.05) is 13.7 Å². The van der Waals surface area contributed by atoms with Gasteiger partial charge in [0.15, 0.2) is 0 Å². The molecule has 8 nitrogen and oxygen atoms in total. The molecule has 0 aliphatic carbocycles. The van der Waals surface area contributed by atoms with Crippen LogP contribution in [0.1, 0.15) is 29.8 Å². The van der Waals surface area contributed by atoms with Crippen molar-refractivity contribution in [2.24, 2.45) is 5.10 Å². The van der Waals surface area contributed by atoms with E-state index < -0.39 is 11.1 Å². The molecule has 4 rings (SSSR count). The molecular formula is C25H24N4O4. The first-order valence-corrected chi connectivity index (χ1v) is 10.5. The second-order valence-electron chi connectivity index (χ2n) is 7.73. The molecule has 0 bridgehead atoms. The Labute approximate surface area is 191 Å². The second kappa shape index (κ2) is 9.62. The molecule has 1 heterocycles. The maximum absolute atomic E-state index is 13.1. The molecule has 0 saturated carbocycles. The van der Waals surface area contributed by atoms with E-state index >= 15 is 0 Å². The number of ether oxygens (including phenoxy) is 1. The molecule has 8 heteroatoms. The number of para-hydroxylation sites is 1. The zero-order valence-electron chi connectivity index (χ0n) is 18.4. The van der Waals surface area contributed by atoms with Crippen LogP contribution in [0.3, 0.4) is 0 Å². The van der Waals surface area contributed by atoms with E-state index in [4.69, 9.17) is 4.74 Å². The number of nitro benzene ring substituents is 1. The molecule has 3 aromatic carbocycles. The highest BCUT2D eigenvalue weighted by atomic mass is 16.6. The number of non-ortho nitro benzene ring substituents is 1. The third kappa shape index (κ3) is 4.75. The van der Waals surface area contributed by atoms with Crippen LogP contribution in [0.5, 0.6) is 5.75 Å². The monoisotopic (exact) mass is 444 g/mol. The van der Waals surface area contributed by atoms with Gasteiger partial charge in [0.2, 0.25) is 0 Å². The minimum absolute atomic E-state index is 0.00438. The van der Waals surface area contributed by atoms with Gasteiger partial charge in [-0.3, -0.25) is 19.8 Å². The highest BCUT2D eigenvalue weighted by Crippen LogP contribution is 2.37. The molecule has 3 aromatic rings. The lowest BCUT2D eigenvalue weighted by molar-refractivity contribution is -0.384. The van der Waals surface area contributed by atoms with Crippen LogP contribution in [0.2, 0.25) is 0 Å². The number of rotatable bonds is 7. The zero-order chi connectivity index (χ0) is 23.4. The lowest BCUT2D eigenvalue weighted by Gasteiger charge is -2.29. The summed E-state index contributed by atoms with van der Waals surface area (Å²) < 4.78 is 5.59. The number of nitro groups is 1. The minimum Gasteiger partial charge on any atom is -0.496 e. The molecule has 0 spiro atoms. The summed E-state index contributed by atoms with van der Waals surface area (Å²) in [6.45, 7) is 2.56. The maximum Gasteiger partial charge on any atom is 0.269 e. The first-order chi connectivity index (χ1) is 16.0. The number of benzene rings is 3. The van der Waals surface area contributed by atoms with Gasteiger partial charge >= 0.3 is 0 Å². The standard InChI is InChI=1S/C25H24N4O4/c1-18(20-12-14-21(15-13-20)29(31)32)26-28-24(30)17-27(16-19-8-4-3-5-9-19)25(28)22-10-6-7-11-23(22)33-2/h3-15,25H,16-17H2,1-2H3/b26-18-/t25-/m1/s1. The Hall–Kier alpha value is -4.04. The number of amides is 1. The highest BCUT2D eigenvalue weighted by Gasteiger charge is 2.40. The van der Waals surface area contributed by atoms with Crippen LogP contribution in [0.4, 0.5) is 5.69 Å². The van der Waals surface area contributed by atoms with Crippen LogP contribution < -0.4 is 4.74 Å². The van der Waals surface area contributed by atoms with E-state index in [2.05, 4.69) is 10.0 Å². The molecule has 168 valence electrons. The fraction of sp³-hybridized carbons (Fsp3) is 0.200. The SMILES string of the molecule is COc1ccccc1[C@@H]1N(Cc2ccccc2)CC(=O)N1/N=C(/C)c1ccc([N+](=O)[O-])cc1. The Bertz CT molecular complexity index is 1180. The molecule has 1 atom stereocenters. The quantitative estimate of drug-likeness (QED) is 0.307. The molecule has 0 N–H and O–H groups in total. The van der Waals surface area contributed by atoms with Gasteiger partial charge < -0.3 is 4.74 Å². The van der Waals surface area contributed by atoms with Crippen molar-refractivity contribution in [1.82, 2.24) is 9.91 Å². The van der Waals surface area contributed by atoms with Crippen molar-refractivity contribution >= 4 is 17.3 Å². The van der Waals surface area contributed by atoms with E-state index in [0.29, 0.717) is 23.6 Å². The van der Waals surface area contributed by atoms with Gasteiger partial charge in [0, 0.05) is 24.2 Å². The Morgan fingerprint density at radius 2 is 1.73 bits per heavy atom. The third-order valence-electron chi connectivity index (χ3n) is 5.57. The molecule has 0 aromatic heterocycles. The minimum atomic E-state index is -0.457. The summed E-state index contributed by atoms with van der Waals surface area (Å²) in [5.41, 5.74) is 3.21. The Morgan fingerprint density at radius 1 is 1.06 bits per heavy atom. The number of carbonyl (C=O) groups is 1. The van der Waals surface area contributed by atoms with Crippen LogP contribution in [0.15, 0.2) is 84.0 Å². The lowest BCUT2D eigenvalue weighted by Crippen LogP contribution is -2.29. The fourth-order valence-electron chi connectivity index (χ4n) is 3.95. The highest BCUT2D eigenvalue weighted by molar-refractivity contribution is 5.99. The molecule has 1 aliphatic rings. The normalized spacial score (nSPS) is 16.8. The Kier molecular flexibility index (Phi) is 6.46. The summed E-state index contributed by atoms with van der Waals surface area (Å²) in [7, 11) is 1.60. The van der Waals surface area contributed by atoms with Gasteiger partial charge in [-0.1, -0.05) is 48.5 Å². The molecule has 33 heavy (non-hydrogen) atoms. The van der Waals surface area contributed by atoms with Crippen LogP contribution >= 0.6 is 0 Å². The number of methoxy groups -OCH3 is 1. The molecule has 0 unspecified atom stereocenters. The van der Waals surface area contributed by atoms with Crippen LogP contribution in [0, 0.1) is 10.1 Å².